The molecule has 0 bridgehead atoms. The van der Waals surface area contributed by atoms with E-state index >= 15 is 0 Å². The van der Waals surface area contributed by atoms with Gasteiger partial charge in [0.15, 0.2) is 11.9 Å². The number of hydrogen-bond donors (Lipinski definition) is 0. The van der Waals surface area contributed by atoms with Crippen molar-refractivity contribution in [1.29, 1.82) is 0 Å². The van der Waals surface area contributed by atoms with Crippen molar-refractivity contribution < 1.29 is 23.7 Å². The topological polar surface area (TPSA) is 46.2 Å². The van der Waals surface area contributed by atoms with Gasteiger partial charge in [-0.3, -0.25) is 0 Å². The Morgan fingerprint density at radius 2 is 2.00 bits per heavy atom. The molecular formula is C16H26O5S2. The molecule has 0 aromatic heterocycles. The molecule has 5 nitrogen and oxygen atoms in total. The summed E-state index contributed by atoms with van der Waals surface area (Å²) in [4.78, 5) is 0. The summed E-state index contributed by atoms with van der Waals surface area (Å²) in [6.45, 7) is 7.16. The summed E-state index contributed by atoms with van der Waals surface area (Å²) in [5.41, 5.74) is 0. The van der Waals surface area contributed by atoms with E-state index in [2.05, 4.69) is 6.92 Å². The van der Waals surface area contributed by atoms with E-state index in [-0.39, 0.29) is 12.2 Å². The summed E-state index contributed by atoms with van der Waals surface area (Å²) in [6.07, 6.45) is 4.08. The molecule has 3 aliphatic heterocycles. The molecule has 7 heteroatoms. The van der Waals surface area contributed by atoms with Crippen LogP contribution in [-0.4, -0.2) is 53.7 Å². The van der Waals surface area contributed by atoms with Gasteiger partial charge in [0.25, 0.3) is 0 Å². The van der Waals surface area contributed by atoms with Gasteiger partial charge in [0.05, 0.1) is 13.2 Å². The third-order valence-electron chi connectivity index (χ3n) is 4.88. The Morgan fingerprint density at radius 3 is 2.61 bits per heavy atom. The summed E-state index contributed by atoms with van der Waals surface area (Å²) in [7, 11) is 0. The molecule has 23 heavy (non-hydrogen) atoms. The van der Waals surface area contributed by atoms with Crippen LogP contribution in [-0.2, 0) is 23.7 Å². The molecule has 3 rings (SSSR count). The van der Waals surface area contributed by atoms with Gasteiger partial charge in [-0.05, 0) is 44.7 Å². The Balaban J connectivity index is 1.82. The maximum atomic E-state index is 6.19. The van der Waals surface area contributed by atoms with Crippen molar-refractivity contribution >= 4 is 28.4 Å². The zero-order valence-corrected chi connectivity index (χ0v) is 15.8. The number of rotatable bonds is 2. The molecule has 0 aromatic carbocycles. The highest BCUT2D eigenvalue weighted by atomic mass is 32.2. The molecule has 3 saturated heterocycles. The van der Waals surface area contributed by atoms with Gasteiger partial charge in [-0.15, -0.1) is 0 Å². The van der Waals surface area contributed by atoms with Crippen LogP contribution in [0.25, 0.3) is 0 Å². The summed E-state index contributed by atoms with van der Waals surface area (Å²) in [5, 5.41) is 0. The maximum Gasteiger partial charge on any atom is 0.220 e. The predicted octanol–water partition coefficient (Wildman–Crippen LogP) is 3.10. The molecule has 0 unspecified atom stereocenters. The molecule has 132 valence electrons. The molecule has 0 amide bonds. The summed E-state index contributed by atoms with van der Waals surface area (Å²) in [6, 6.07) is 0. The van der Waals surface area contributed by atoms with Crippen LogP contribution in [0.5, 0.6) is 0 Å². The van der Waals surface area contributed by atoms with E-state index in [1.54, 1.807) is 0 Å². The molecule has 0 aliphatic carbocycles. The van der Waals surface area contributed by atoms with Crippen LogP contribution in [0.2, 0.25) is 0 Å². The van der Waals surface area contributed by atoms with E-state index in [4.69, 9.17) is 35.9 Å². The van der Waals surface area contributed by atoms with Crippen molar-refractivity contribution in [2.45, 2.75) is 69.9 Å². The minimum absolute atomic E-state index is 0.155. The lowest BCUT2D eigenvalue weighted by Gasteiger charge is -2.49. The lowest BCUT2D eigenvalue weighted by atomic mass is 9.87. The van der Waals surface area contributed by atoms with Crippen LogP contribution in [0.3, 0.4) is 0 Å². The monoisotopic (exact) mass is 362 g/mol. The SMILES string of the molecule is CC[C@H]1CC[C@@]2(OC1)OC[C@H]1OC(C)(C)O[C@H]1[C@@H]2OC(=S)SC. The second kappa shape index (κ2) is 6.77. The van der Waals surface area contributed by atoms with E-state index in [1.807, 2.05) is 20.1 Å². The van der Waals surface area contributed by atoms with E-state index < -0.39 is 17.7 Å². The van der Waals surface area contributed by atoms with Crippen molar-refractivity contribution in [2.75, 3.05) is 19.5 Å². The zero-order chi connectivity index (χ0) is 16.7. The largest absolute Gasteiger partial charge is 0.467 e. The average Bonchev–Trinajstić information content (AvgIpc) is 2.85. The summed E-state index contributed by atoms with van der Waals surface area (Å²) < 4.78 is 30.9. The highest BCUT2D eigenvalue weighted by Gasteiger charge is 2.60. The lowest BCUT2D eigenvalue weighted by molar-refractivity contribution is -0.340. The second-order valence-electron chi connectivity index (χ2n) is 6.88. The lowest BCUT2D eigenvalue weighted by Crippen LogP contribution is -2.64. The number of ether oxygens (including phenoxy) is 5. The van der Waals surface area contributed by atoms with Crippen LogP contribution >= 0.6 is 24.0 Å². The first-order valence-corrected chi connectivity index (χ1v) is 9.90. The molecule has 5 atom stereocenters. The van der Waals surface area contributed by atoms with Crippen LogP contribution < -0.4 is 0 Å². The van der Waals surface area contributed by atoms with E-state index in [0.29, 0.717) is 23.5 Å². The Kier molecular flexibility index (Phi) is 5.26. The van der Waals surface area contributed by atoms with Crippen LogP contribution in [0.1, 0.15) is 40.0 Å². The molecule has 3 heterocycles. The fourth-order valence-electron chi connectivity index (χ4n) is 3.59. The Bertz CT molecular complexity index is 448. The third kappa shape index (κ3) is 3.55. The molecule has 1 spiro atoms. The van der Waals surface area contributed by atoms with Crippen molar-refractivity contribution in [3.05, 3.63) is 0 Å². The number of fused-ring (bicyclic) bond motifs is 1. The summed E-state index contributed by atoms with van der Waals surface area (Å²) in [5.74, 6) is -0.851. The first-order valence-electron chi connectivity index (χ1n) is 8.27. The van der Waals surface area contributed by atoms with Crippen molar-refractivity contribution in [2.24, 2.45) is 5.92 Å². The number of thioether (sulfide) groups is 1. The smallest absolute Gasteiger partial charge is 0.220 e. The Labute approximate surface area is 147 Å². The Hall–Kier alpha value is 0.0800. The van der Waals surface area contributed by atoms with Gasteiger partial charge in [-0.1, -0.05) is 25.1 Å². The molecule has 0 N–H and O–H groups in total. The predicted molar refractivity (Wildman–Crippen MR) is 92.5 cm³/mol. The number of hydrogen-bond acceptors (Lipinski definition) is 7. The van der Waals surface area contributed by atoms with E-state index in [0.717, 1.165) is 19.3 Å². The quantitative estimate of drug-likeness (QED) is 0.700. The van der Waals surface area contributed by atoms with Gasteiger partial charge in [0, 0.05) is 6.42 Å². The minimum atomic E-state index is -0.781. The van der Waals surface area contributed by atoms with Gasteiger partial charge < -0.3 is 23.7 Å². The van der Waals surface area contributed by atoms with Crippen LogP contribution in [0.15, 0.2) is 0 Å². The molecular weight excluding hydrogens is 336 g/mol. The standard InChI is InChI=1S/C16H26O5S2/c1-5-10-6-7-16(17-8-10)13(19-14(22)23-4)12-11(9-18-16)20-15(2,3)21-12/h10-13H,5-9H2,1-4H3/t10-,11+,12+,13-,16+/m0/s1. The van der Waals surface area contributed by atoms with Crippen LogP contribution in [0.4, 0.5) is 0 Å². The van der Waals surface area contributed by atoms with Gasteiger partial charge >= 0.3 is 0 Å². The second-order valence-corrected chi connectivity index (χ2v) is 8.29. The first kappa shape index (κ1) is 17.9. The molecule has 3 fully saturated rings. The average molecular weight is 363 g/mol. The first-order chi connectivity index (χ1) is 10.9. The minimum Gasteiger partial charge on any atom is -0.467 e. The fraction of sp³-hybridized carbons (Fsp3) is 0.938. The van der Waals surface area contributed by atoms with E-state index in [9.17, 15) is 0 Å². The Morgan fingerprint density at radius 1 is 1.26 bits per heavy atom. The highest BCUT2D eigenvalue weighted by Crippen LogP contribution is 2.45. The van der Waals surface area contributed by atoms with Gasteiger partial charge in [-0.25, -0.2) is 0 Å². The summed E-state index contributed by atoms with van der Waals surface area (Å²) >= 11 is 6.69. The maximum absolute atomic E-state index is 6.19. The molecule has 0 saturated carbocycles. The van der Waals surface area contributed by atoms with Gasteiger partial charge in [0.1, 0.15) is 12.2 Å². The third-order valence-corrected chi connectivity index (χ3v) is 5.90. The highest BCUT2D eigenvalue weighted by molar-refractivity contribution is 8.22. The van der Waals surface area contributed by atoms with Gasteiger partial charge in [-0.2, -0.15) is 0 Å². The number of thiocarbonyl (C=S) groups is 1. The zero-order valence-electron chi connectivity index (χ0n) is 14.2. The van der Waals surface area contributed by atoms with Gasteiger partial charge in [0.2, 0.25) is 10.2 Å². The molecule has 3 aliphatic rings. The van der Waals surface area contributed by atoms with E-state index in [1.165, 1.54) is 11.8 Å². The van der Waals surface area contributed by atoms with Crippen molar-refractivity contribution in [1.82, 2.24) is 0 Å². The van der Waals surface area contributed by atoms with Crippen molar-refractivity contribution in [3.8, 4) is 0 Å². The fourth-order valence-corrected chi connectivity index (χ4v) is 3.90. The normalized spacial score (nSPS) is 42.4. The molecule has 0 radical (unpaired) electrons. The van der Waals surface area contributed by atoms with Crippen LogP contribution in [0, 0.1) is 5.92 Å². The van der Waals surface area contributed by atoms with Crippen molar-refractivity contribution in [3.63, 3.8) is 0 Å². The molecule has 0 aromatic rings.